The maximum absolute atomic E-state index is 5.64. The summed E-state index contributed by atoms with van der Waals surface area (Å²) in [6.45, 7) is 5.39. The van der Waals surface area contributed by atoms with E-state index in [1.54, 1.807) is 0 Å². The van der Waals surface area contributed by atoms with Crippen LogP contribution in [0.3, 0.4) is 0 Å². The molecule has 1 saturated heterocycles. The zero-order chi connectivity index (χ0) is 10.7. The van der Waals surface area contributed by atoms with Crippen LogP contribution in [0.5, 0.6) is 0 Å². The molecule has 1 aromatic rings. The van der Waals surface area contributed by atoms with Gasteiger partial charge in [-0.1, -0.05) is 12.1 Å². The molecule has 1 aliphatic rings. The molecule has 0 spiro atoms. The number of ether oxygens (including phenoxy) is 1. The second kappa shape index (κ2) is 4.64. The molecule has 1 fully saturated rings. The van der Waals surface area contributed by atoms with Gasteiger partial charge in [-0.05, 0) is 24.6 Å². The Balaban J connectivity index is 2.19. The molecule has 0 saturated carbocycles. The van der Waals surface area contributed by atoms with Gasteiger partial charge in [0.25, 0.3) is 0 Å². The lowest BCUT2D eigenvalue weighted by molar-refractivity contribution is 0.0989. The van der Waals surface area contributed by atoms with Crippen LogP contribution in [0.1, 0.15) is 12.5 Å². The summed E-state index contributed by atoms with van der Waals surface area (Å²) in [4.78, 5) is 2.38. The van der Waals surface area contributed by atoms with E-state index >= 15 is 0 Å². The topological polar surface area (TPSA) is 38.5 Å². The number of nitrogens with zero attached hydrogens (tertiary/aromatic N) is 1. The number of nitrogens with two attached hydrogens (primary N) is 1. The van der Waals surface area contributed by atoms with E-state index in [0.29, 0.717) is 12.6 Å². The van der Waals surface area contributed by atoms with Crippen molar-refractivity contribution in [3.05, 3.63) is 29.8 Å². The van der Waals surface area contributed by atoms with Crippen LogP contribution in [-0.2, 0) is 11.3 Å². The minimum atomic E-state index is 0.451. The van der Waals surface area contributed by atoms with Crippen molar-refractivity contribution < 1.29 is 4.74 Å². The fraction of sp³-hybridized carbons (Fsp3) is 0.500. The Bertz CT molecular complexity index is 327. The van der Waals surface area contributed by atoms with E-state index in [1.807, 2.05) is 0 Å². The normalized spacial score (nSPS) is 21.7. The average Bonchev–Trinajstić information content (AvgIpc) is 2.30. The van der Waals surface area contributed by atoms with Gasteiger partial charge in [0.1, 0.15) is 0 Å². The van der Waals surface area contributed by atoms with Gasteiger partial charge in [0.05, 0.1) is 13.2 Å². The minimum absolute atomic E-state index is 0.451. The van der Waals surface area contributed by atoms with Crippen molar-refractivity contribution in [2.75, 3.05) is 24.7 Å². The van der Waals surface area contributed by atoms with E-state index in [2.05, 4.69) is 36.1 Å². The summed E-state index contributed by atoms with van der Waals surface area (Å²) in [7, 11) is 0. The number of morpholine rings is 1. The third kappa shape index (κ3) is 2.30. The van der Waals surface area contributed by atoms with Crippen LogP contribution in [-0.4, -0.2) is 25.8 Å². The van der Waals surface area contributed by atoms with E-state index in [0.717, 1.165) is 19.8 Å². The predicted molar refractivity (Wildman–Crippen MR) is 62.0 cm³/mol. The molecule has 0 bridgehead atoms. The number of hydrogen-bond acceptors (Lipinski definition) is 3. The highest BCUT2D eigenvalue weighted by atomic mass is 16.5. The molecule has 3 heteroatoms. The van der Waals surface area contributed by atoms with E-state index in [4.69, 9.17) is 10.5 Å². The van der Waals surface area contributed by atoms with Crippen LogP contribution in [0.4, 0.5) is 5.69 Å². The molecule has 15 heavy (non-hydrogen) atoms. The molecule has 1 atom stereocenters. The van der Waals surface area contributed by atoms with Gasteiger partial charge in [0.15, 0.2) is 0 Å². The van der Waals surface area contributed by atoms with Gasteiger partial charge in [-0.3, -0.25) is 0 Å². The minimum Gasteiger partial charge on any atom is -0.377 e. The SMILES string of the molecule is CC1COCCN1c1cccc(CN)c1. The van der Waals surface area contributed by atoms with Gasteiger partial charge in [-0.15, -0.1) is 0 Å². The molecule has 1 unspecified atom stereocenters. The maximum Gasteiger partial charge on any atom is 0.0668 e. The summed E-state index contributed by atoms with van der Waals surface area (Å²) < 4.78 is 5.42. The van der Waals surface area contributed by atoms with Crippen molar-refractivity contribution in [2.24, 2.45) is 5.73 Å². The third-order valence-electron chi connectivity index (χ3n) is 2.85. The first-order valence-electron chi connectivity index (χ1n) is 5.44. The first kappa shape index (κ1) is 10.5. The van der Waals surface area contributed by atoms with Crippen LogP contribution < -0.4 is 10.6 Å². The van der Waals surface area contributed by atoms with Gasteiger partial charge in [-0.25, -0.2) is 0 Å². The maximum atomic E-state index is 5.64. The van der Waals surface area contributed by atoms with Gasteiger partial charge in [-0.2, -0.15) is 0 Å². The Labute approximate surface area is 90.8 Å². The second-order valence-electron chi connectivity index (χ2n) is 3.99. The summed E-state index contributed by atoms with van der Waals surface area (Å²) in [6.07, 6.45) is 0. The molecule has 0 amide bonds. The quantitative estimate of drug-likeness (QED) is 0.794. The Morgan fingerprint density at radius 1 is 1.53 bits per heavy atom. The average molecular weight is 206 g/mol. The Hall–Kier alpha value is -1.06. The molecule has 2 rings (SSSR count). The van der Waals surface area contributed by atoms with Gasteiger partial charge in [0, 0.05) is 24.8 Å². The molecule has 0 radical (unpaired) electrons. The zero-order valence-corrected chi connectivity index (χ0v) is 9.15. The van der Waals surface area contributed by atoms with E-state index in [1.165, 1.54) is 11.3 Å². The zero-order valence-electron chi connectivity index (χ0n) is 9.15. The standard InChI is InChI=1S/C12H18N2O/c1-10-9-15-6-5-14(10)12-4-2-3-11(7-12)8-13/h2-4,7,10H,5-6,8-9,13H2,1H3. The summed E-state index contributed by atoms with van der Waals surface area (Å²) in [6, 6.07) is 8.89. The monoisotopic (exact) mass is 206 g/mol. The van der Waals surface area contributed by atoms with Gasteiger partial charge < -0.3 is 15.4 Å². The molecule has 82 valence electrons. The van der Waals surface area contributed by atoms with Gasteiger partial charge >= 0.3 is 0 Å². The van der Waals surface area contributed by atoms with Crippen molar-refractivity contribution in [1.29, 1.82) is 0 Å². The lowest BCUT2D eigenvalue weighted by atomic mass is 10.1. The van der Waals surface area contributed by atoms with Crippen molar-refractivity contribution in [2.45, 2.75) is 19.5 Å². The van der Waals surface area contributed by atoms with Crippen LogP contribution in [0.25, 0.3) is 0 Å². The molecular weight excluding hydrogens is 188 g/mol. The van der Waals surface area contributed by atoms with Crippen LogP contribution in [0.15, 0.2) is 24.3 Å². The number of hydrogen-bond donors (Lipinski definition) is 1. The molecule has 1 aromatic carbocycles. The van der Waals surface area contributed by atoms with Crippen LogP contribution in [0, 0.1) is 0 Å². The largest absolute Gasteiger partial charge is 0.377 e. The second-order valence-corrected chi connectivity index (χ2v) is 3.99. The smallest absolute Gasteiger partial charge is 0.0668 e. The molecule has 1 heterocycles. The Morgan fingerprint density at radius 3 is 3.13 bits per heavy atom. The number of benzene rings is 1. The first-order chi connectivity index (χ1) is 7.31. The molecule has 0 aromatic heterocycles. The molecule has 1 aliphatic heterocycles. The summed E-state index contributed by atoms with van der Waals surface area (Å²) in [5, 5.41) is 0. The van der Waals surface area contributed by atoms with E-state index in [-0.39, 0.29) is 0 Å². The van der Waals surface area contributed by atoms with Gasteiger partial charge in [0.2, 0.25) is 0 Å². The van der Waals surface area contributed by atoms with Crippen LogP contribution >= 0.6 is 0 Å². The third-order valence-corrected chi connectivity index (χ3v) is 2.85. The molecule has 3 nitrogen and oxygen atoms in total. The van der Waals surface area contributed by atoms with Crippen molar-refractivity contribution in [3.63, 3.8) is 0 Å². The number of rotatable bonds is 2. The fourth-order valence-electron chi connectivity index (χ4n) is 1.97. The predicted octanol–water partition coefficient (Wildman–Crippen LogP) is 1.37. The van der Waals surface area contributed by atoms with E-state index in [9.17, 15) is 0 Å². The lowest BCUT2D eigenvalue weighted by Crippen LogP contribution is -2.43. The highest BCUT2D eigenvalue weighted by molar-refractivity contribution is 5.49. The van der Waals surface area contributed by atoms with Crippen molar-refractivity contribution >= 4 is 5.69 Å². The summed E-state index contributed by atoms with van der Waals surface area (Å²) in [5.41, 5.74) is 8.08. The lowest BCUT2D eigenvalue weighted by Gasteiger charge is -2.35. The first-order valence-corrected chi connectivity index (χ1v) is 5.44. The van der Waals surface area contributed by atoms with Crippen LogP contribution in [0.2, 0.25) is 0 Å². The number of anilines is 1. The van der Waals surface area contributed by atoms with Crippen molar-refractivity contribution in [3.8, 4) is 0 Å². The highest BCUT2D eigenvalue weighted by Gasteiger charge is 2.18. The van der Waals surface area contributed by atoms with Crippen molar-refractivity contribution in [1.82, 2.24) is 0 Å². The Morgan fingerprint density at radius 2 is 2.40 bits per heavy atom. The Kier molecular flexibility index (Phi) is 3.23. The summed E-state index contributed by atoms with van der Waals surface area (Å²) >= 11 is 0. The van der Waals surface area contributed by atoms with E-state index < -0.39 is 0 Å². The fourth-order valence-corrected chi connectivity index (χ4v) is 1.97. The molecule has 0 aliphatic carbocycles. The molecule has 2 N–H and O–H groups in total. The summed E-state index contributed by atoms with van der Waals surface area (Å²) in [5.74, 6) is 0. The highest BCUT2D eigenvalue weighted by Crippen LogP contribution is 2.20. The molecular formula is C12H18N2O.